The third kappa shape index (κ3) is 4.81. The zero-order chi connectivity index (χ0) is 23.8. The van der Waals surface area contributed by atoms with Crippen LogP contribution in [0.15, 0.2) is 46.2 Å². The summed E-state index contributed by atoms with van der Waals surface area (Å²) in [5.41, 5.74) is 0.938. The number of sulfone groups is 1. The van der Waals surface area contributed by atoms with Gasteiger partial charge in [0.2, 0.25) is 10.0 Å². The van der Waals surface area contributed by atoms with Crippen LogP contribution in [0.1, 0.15) is 21.5 Å². The number of carbonyl (C=O) groups is 1. The molecule has 0 unspecified atom stereocenters. The number of benzene rings is 2. The fraction of sp³-hybridized carbons (Fsp3) is 0.350. The first-order valence-corrected chi connectivity index (χ1v) is 13.0. The lowest BCUT2D eigenvalue weighted by Gasteiger charge is -2.34. The van der Waals surface area contributed by atoms with Crippen LogP contribution in [-0.2, 0) is 19.9 Å². The number of non-ortho nitro benzene ring substituents is 1. The van der Waals surface area contributed by atoms with Gasteiger partial charge >= 0.3 is 0 Å². The smallest absolute Gasteiger partial charge is 0.271 e. The molecule has 0 radical (unpaired) electrons. The highest BCUT2D eigenvalue weighted by Gasteiger charge is 2.32. The van der Waals surface area contributed by atoms with Crippen LogP contribution >= 0.6 is 0 Å². The first-order chi connectivity index (χ1) is 14.8. The summed E-state index contributed by atoms with van der Waals surface area (Å²) in [7, 11) is -7.51. The van der Waals surface area contributed by atoms with Gasteiger partial charge < -0.3 is 4.90 Å². The molecule has 12 heteroatoms. The quantitative estimate of drug-likeness (QED) is 0.469. The van der Waals surface area contributed by atoms with E-state index in [2.05, 4.69) is 0 Å². The van der Waals surface area contributed by atoms with Crippen molar-refractivity contribution in [2.24, 2.45) is 0 Å². The molecule has 0 saturated carbocycles. The van der Waals surface area contributed by atoms with Gasteiger partial charge in [-0.25, -0.2) is 16.8 Å². The highest BCUT2D eigenvalue weighted by Crippen LogP contribution is 2.25. The topological polar surface area (TPSA) is 135 Å². The maximum absolute atomic E-state index is 13.0. The van der Waals surface area contributed by atoms with Crippen molar-refractivity contribution in [1.82, 2.24) is 9.21 Å². The SMILES string of the molecule is Cc1ccc(S(=O)(=O)N2CCN(C(=O)c3cc([N+](=O)[O-])cc(S(C)(=O)=O)c3)CC2)c(C)c1. The van der Waals surface area contributed by atoms with Crippen LogP contribution in [0, 0.1) is 24.0 Å². The Balaban J connectivity index is 1.81. The Bertz CT molecular complexity index is 1300. The van der Waals surface area contributed by atoms with E-state index in [0.717, 1.165) is 30.0 Å². The molecular weight excluding hydrogens is 458 g/mol. The van der Waals surface area contributed by atoms with E-state index in [4.69, 9.17) is 0 Å². The summed E-state index contributed by atoms with van der Waals surface area (Å²) in [5.74, 6) is -0.595. The number of rotatable bonds is 5. The lowest BCUT2D eigenvalue weighted by atomic mass is 10.1. The maximum Gasteiger partial charge on any atom is 0.271 e. The minimum atomic E-state index is -3.77. The van der Waals surface area contributed by atoms with Crippen LogP contribution in [0.5, 0.6) is 0 Å². The average Bonchev–Trinajstić information content (AvgIpc) is 2.72. The molecule has 1 fully saturated rings. The number of piperazine rings is 1. The van der Waals surface area contributed by atoms with Gasteiger partial charge in [0.1, 0.15) is 0 Å². The van der Waals surface area contributed by atoms with Crippen LogP contribution in [0.25, 0.3) is 0 Å². The second-order valence-corrected chi connectivity index (χ2v) is 11.6. The summed E-state index contributed by atoms with van der Waals surface area (Å²) < 4.78 is 51.1. The van der Waals surface area contributed by atoms with Crippen LogP contribution < -0.4 is 0 Å². The first-order valence-electron chi connectivity index (χ1n) is 9.67. The lowest BCUT2D eigenvalue weighted by Crippen LogP contribution is -2.50. The molecule has 3 rings (SSSR count). The van der Waals surface area contributed by atoms with Gasteiger partial charge in [-0.1, -0.05) is 17.7 Å². The largest absolute Gasteiger partial charge is 0.336 e. The van der Waals surface area contributed by atoms with Crippen molar-refractivity contribution < 1.29 is 26.6 Å². The van der Waals surface area contributed by atoms with Crippen molar-refractivity contribution in [2.75, 3.05) is 32.4 Å². The predicted octanol–water partition coefficient (Wildman–Crippen LogP) is 1.76. The van der Waals surface area contributed by atoms with E-state index < -0.39 is 36.4 Å². The molecule has 0 aromatic heterocycles. The molecular formula is C20H23N3O7S2. The zero-order valence-corrected chi connectivity index (χ0v) is 19.4. The summed E-state index contributed by atoms with van der Waals surface area (Å²) in [6, 6.07) is 8.10. The number of nitrogens with zero attached hydrogens (tertiary/aromatic N) is 3. The van der Waals surface area contributed by atoms with E-state index in [1.165, 1.54) is 9.21 Å². The molecule has 2 aromatic rings. The fourth-order valence-electron chi connectivity index (χ4n) is 3.57. The van der Waals surface area contributed by atoms with Gasteiger partial charge in [0.25, 0.3) is 11.6 Å². The van der Waals surface area contributed by atoms with E-state index >= 15 is 0 Å². The molecule has 172 valence electrons. The monoisotopic (exact) mass is 481 g/mol. The number of carbonyl (C=O) groups excluding carboxylic acids is 1. The third-order valence-corrected chi connectivity index (χ3v) is 8.40. The Morgan fingerprint density at radius 3 is 2.12 bits per heavy atom. The number of aryl methyl sites for hydroxylation is 2. The molecule has 10 nitrogen and oxygen atoms in total. The highest BCUT2D eigenvalue weighted by atomic mass is 32.2. The van der Waals surface area contributed by atoms with Crippen molar-refractivity contribution >= 4 is 31.5 Å². The second kappa shape index (κ2) is 8.60. The van der Waals surface area contributed by atoms with Gasteiger partial charge in [-0.3, -0.25) is 14.9 Å². The van der Waals surface area contributed by atoms with Crippen LogP contribution in [0.2, 0.25) is 0 Å². The Hall–Kier alpha value is -2.83. The average molecular weight is 482 g/mol. The Kier molecular flexibility index (Phi) is 6.40. The molecule has 0 aliphatic carbocycles. The number of amides is 1. The fourth-order valence-corrected chi connectivity index (χ4v) is 5.87. The summed E-state index contributed by atoms with van der Waals surface area (Å²) in [4.78, 5) is 24.6. The highest BCUT2D eigenvalue weighted by molar-refractivity contribution is 7.90. The van der Waals surface area contributed by atoms with Crippen molar-refractivity contribution in [3.8, 4) is 0 Å². The molecule has 1 aliphatic heterocycles. The summed E-state index contributed by atoms with van der Waals surface area (Å²) in [6.45, 7) is 3.84. The van der Waals surface area contributed by atoms with Gasteiger partial charge in [0.15, 0.2) is 9.84 Å². The minimum absolute atomic E-state index is 0.0508. The molecule has 32 heavy (non-hydrogen) atoms. The van der Waals surface area contributed by atoms with Crippen molar-refractivity contribution in [3.63, 3.8) is 0 Å². The molecule has 0 N–H and O–H groups in total. The van der Waals surface area contributed by atoms with Gasteiger partial charge in [0, 0.05) is 50.1 Å². The van der Waals surface area contributed by atoms with Gasteiger partial charge in [-0.2, -0.15) is 4.31 Å². The molecule has 0 bridgehead atoms. The number of hydrogen-bond donors (Lipinski definition) is 0. The van der Waals surface area contributed by atoms with Crippen LogP contribution in [-0.4, -0.2) is 69.3 Å². The standard InChI is InChI=1S/C20H23N3O7S2/c1-14-4-5-19(15(2)10-14)32(29,30)22-8-6-21(7-9-22)20(24)16-11-17(23(25)26)13-18(12-16)31(3,27)28/h4-5,10-13H,6-9H2,1-3H3. The minimum Gasteiger partial charge on any atom is -0.336 e. The zero-order valence-electron chi connectivity index (χ0n) is 17.8. The molecule has 1 saturated heterocycles. The molecule has 0 atom stereocenters. The van der Waals surface area contributed by atoms with Crippen LogP contribution in [0.3, 0.4) is 0 Å². The van der Waals surface area contributed by atoms with Gasteiger partial charge in [-0.15, -0.1) is 0 Å². The molecule has 1 heterocycles. The molecule has 2 aromatic carbocycles. The van der Waals surface area contributed by atoms with Crippen molar-refractivity contribution in [1.29, 1.82) is 0 Å². The van der Waals surface area contributed by atoms with Crippen molar-refractivity contribution in [3.05, 3.63) is 63.2 Å². The van der Waals surface area contributed by atoms with Crippen LogP contribution in [0.4, 0.5) is 5.69 Å². The van der Waals surface area contributed by atoms with E-state index in [0.29, 0.717) is 5.56 Å². The number of hydrogen-bond acceptors (Lipinski definition) is 7. The number of nitro groups is 1. The Morgan fingerprint density at radius 1 is 0.969 bits per heavy atom. The van der Waals surface area contributed by atoms with E-state index in [1.807, 2.05) is 6.92 Å². The summed E-state index contributed by atoms with van der Waals surface area (Å²) in [5, 5.41) is 11.2. The van der Waals surface area contributed by atoms with Gasteiger partial charge in [0.05, 0.1) is 14.7 Å². The van der Waals surface area contributed by atoms with Crippen molar-refractivity contribution in [2.45, 2.75) is 23.6 Å². The first kappa shape index (κ1) is 23.8. The number of sulfonamides is 1. The summed E-state index contributed by atoms with van der Waals surface area (Å²) in [6.07, 6.45) is 0.900. The van der Waals surface area contributed by atoms with E-state index in [-0.39, 0.29) is 41.5 Å². The Labute approximate surface area is 186 Å². The van der Waals surface area contributed by atoms with E-state index in [1.54, 1.807) is 25.1 Å². The third-order valence-electron chi connectivity index (χ3n) is 5.25. The maximum atomic E-state index is 13.0. The predicted molar refractivity (Wildman–Crippen MR) is 117 cm³/mol. The second-order valence-electron chi connectivity index (χ2n) is 7.71. The Morgan fingerprint density at radius 2 is 1.59 bits per heavy atom. The van der Waals surface area contributed by atoms with E-state index in [9.17, 15) is 31.7 Å². The van der Waals surface area contributed by atoms with Gasteiger partial charge in [-0.05, 0) is 31.5 Å². The lowest BCUT2D eigenvalue weighted by molar-refractivity contribution is -0.385. The molecule has 0 spiro atoms. The summed E-state index contributed by atoms with van der Waals surface area (Å²) >= 11 is 0. The molecule has 1 aliphatic rings. The normalized spacial score (nSPS) is 15.5. The molecule has 1 amide bonds. The number of nitro benzene ring substituents is 1.